The second-order valence-corrected chi connectivity index (χ2v) is 7.82. The van der Waals surface area contributed by atoms with Crippen molar-refractivity contribution in [3.05, 3.63) is 58.3 Å². The molecule has 1 unspecified atom stereocenters. The zero-order valence-corrected chi connectivity index (χ0v) is 16.7. The van der Waals surface area contributed by atoms with Crippen molar-refractivity contribution in [2.24, 2.45) is 0 Å². The first kappa shape index (κ1) is 19.4. The van der Waals surface area contributed by atoms with Crippen LogP contribution in [0.3, 0.4) is 0 Å². The number of rotatable bonds is 6. The zero-order valence-electron chi connectivity index (χ0n) is 15.9. The molecule has 140 valence electrons. The summed E-state index contributed by atoms with van der Waals surface area (Å²) in [6.45, 7) is 4.08. The van der Waals surface area contributed by atoms with Crippen molar-refractivity contribution >= 4 is 17.7 Å². The van der Waals surface area contributed by atoms with Gasteiger partial charge in [0.1, 0.15) is 11.1 Å². The quantitative estimate of drug-likeness (QED) is 0.757. The van der Waals surface area contributed by atoms with Gasteiger partial charge in [0, 0.05) is 5.69 Å². The van der Waals surface area contributed by atoms with E-state index in [2.05, 4.69) is 18.3 Å². The minimum atomic E-state index is -0.0440. The second kappa shape index (κ2) is 9.05. The Morgan fingerprint density at radius 3 is 2.63 bits per heavy atom. The van der Waals surface area contributed by atoms with Gasteiger partial charge in [0.25, 0.3) is 0 Å². The third kappa shape index (κ3) is 4.51. The summed E-state index contributed by atoms with van der Waals surface area (Å²) < 4.78 is 0. The van der Waals surface area contributed by atoms with Gasteiger partial charge in [-0.25, -0.2) is 4.98 Å². The second-order valence-electron chi connectivity index (χ2n) is 6.86. The van der Waals surface area contributed by atoms with E-state index in [4.69, 9.17) is 4.98 Å². The van der Waals surface area contributed by atoms with Gasteiger partial charge in [-0.05, 0) is 55.7 Å². The third-order valence-corrected chi connectivity index (χ3v) is 6.01. The van der Waals surface area contributed by atoms with Crippen LogP contribution in [0.25, 0.3) is 0 Å². The number of thioether (sulfide) groups is 1. The van der Waals surface area contributed by atoms with Crippen LogP contribution in [0.4, 0.5) is 0 Å². The van der Waals surface area contributed by atoms with Crippen molar-refractivity contribution in [3.63, 3.8) is 0 Å². The number of nitrogens with zero attached hydrogens (tertiary/aromatic N) is 2. The Bertz CT molecular complexity index is 858. The van der Waals surface area contributed by atoms with Crippen molar-refractivity contribution in [1.29, 1.82) is 5.26 Å². The van der Waals surface area contributed by atoms with E-state index in [1.807, 2.05) is 37.3 Å². The minimum absolute atomic E-state index is 0.0437. The first-order chi connectivity index (χ1) is 13.1. The molecule has 1 aromatic carbocycles. The summed E-state index contributed by atoms with van der Waals surface area (Å²) in [6.07, 6.45) is 5.10. The Kier molecular flexibility index (Phi) is 6.52. The Labute approximate surface area is 165 Å². The number of amides is 1. The maximum atomic E-state index is 12.4. The summed E-state index contributed by atoms with van der Waals surface area (Å²) in [5.41, 5.74) is 5.27. The topological polar surface area (TPSA) is 65.8 Å². The molecule has 4 nitrogen and oxygen atoms in total. The van der Waals surface area contributed by atoms with E-state index in [9.17, 15) is 10.1 Å². The highest BCUT2D eigenvalue weighted by Gasteiger charge is 2.22. The van der Waals surface area contributed by atoms with Crippen molar-refractivity contribution in [1.82, 2.24) is 10.3 Å². The van der Waals surface area contributed by atoms with Gasteiger partial charge in [-0.1, -0.05) is 49.0 Å². The molecule has 1 heterocycles. The lowest BCUT2D eigenvalue weighted by atomic mass is 9.87. The van der Waals surface area contributed by atoms with E-state index in [0.717, 1.165) is 42.5 Å². The summed E-state index contributed by atoms with van der Waals surface area (Å²) in [5, 5.41) is 13.4. The maximum Gasteiger partial charge on any atom is 0.230 e. The van der Waals surface area contributed by atoms with Crippen molar-refractivity contribution < 1.29 is 4.79 Å². The highest BCUT2D eigenvalue weighted by atomic mass is 32.2. The lowest BCUT2D eigenvalue weighted by Crippen LogP contribution is -2.28. The van der Waals surface area contributed by atoms with E-state index < -0.39 is 0 Å². The van der Waals surface area contributed by atoms with Gasteiger partial charge in [0.15, 0.2) is 0 Å². The fourth-order valence-electron chi connectivity index (χ4n) is 3.63. The van der Waals surface area contributed by atoms with Crippen LogP contribution in [0.5, 0.6) is 0 Å². The lowest BCUT2D eigenvalue weighted by molar-refractivity contribution is -0.119. The molecule has 1 atom stereocenters. The molecule has 0 radical (unpaired) electrons. The number of fused-ring (bicyclic) bond motifs is 1. The normalized spacial score (nSPS) is 14.1. The van der Waals surface area contributed by atoms with Gasteiger partial charge < -0.3 is 5.32 Å². The Morgan fingerprint density at radius 2 is 1.96 bits per heavy atom. The number of hydrogen-bond donors (Lipinski definition) is 1. The fraction of sp³-hybridized carbons (Fsp3) is 0.409. The van der Waals surface area contributed by atoms with E-state index >= 15 is 0 Å². The molecule has 3 rings (SSSR count). The molecule has 0 spiro atoms. The number of nitriles is 1. The molecule has 27 heavy (non-hydrogen) atoms. The van der Waals surface area contributed by atoms with Crippen molar-refractivity contribution in [2.45, 2.75) is 57.0 Å². The average molecular weight is 380 g/mol. The first-order valence-electron chi connectivity index (χ1n) is 9.55. The van der Waals surface area contributed by atoms with Gasteiger partial charge in [-0.2, -0.15) is 5.26 Å². The van der Waals surface area contributed by atoms with Gasteiger partial charge in [0.05, 0.1) is 17.4 Å². The summed E-state index contributed by atoms with van der Waals surface area (Å²) in [7, 11) is 0. The predicted octanol–water partition coefficient (Wildman–Crippen LogP) is 4.36. The van der Waals surface area contributed by atoms with Crippen LogP contribution in [0.15, 0.2) is 35.4 Å². The van der Waals surface area contributed by atoms with Gasteiger partial charge in [-0.15, -0.1) is 0 Å². The first-order valence-corrected chi connectivity index (χ1v) is 10.5. The van der Waals surface area contributed by atoms with Crippen molar-refractivity contribution in [2.75, 3.05) is 5.75 Å². The summed E-state index contributed by atoms with van der Waals surface area (Å²) in [4.78, 5) is 17.1. The molecule has 0 aliphatic heterocycles. The number of benzene rings is 1. The summed E-state index contributed by atoms with van der Waals surface area (Å²) in [6, 6.07) is 12.2. The molecule has 1 aliphatic carbocycles. The summed E-state index contributed by atoms with van der Waals surface area (Å²) in [5.74, 6) is 0.221. The van der Waals surface area contributed by atoms with Gasteiger partial charge in [-0.3, -0.25) is 4.79 Å². The van der Waals surface area contributed by atoms with Crippen LogP contribution in [-0.2, 0) is 24.1 Å². The molecule has 0 bridgehead atoms. The predicted molar refractivity (Wildman–Crippen MR) is 109 cm³/mol. The van der Waals surface area contributed by atoms with Crippen LogP contribution in [0.2, 0.25) is 0 Å². The molecular formula is C22H25N3OS. The molecule has 2 aromatic rings. The number of carbonyl (C=O) groups is 1. The monoisotopic (exact) mass is 379 g/mol. The van der Waals surface area contributed by atoms with Crippen LogP contribution in [0, 0.1) is 11.3 Å². The van der Waals surface area contributed by atoms with E-state index in [0.29, 0.717) is 10.6 Å². The number of nitrogens with one attached hydrogen (secondary N) is 1. The van der Waals surface area contributed by atoms with E-state index in [1.165, 1.54) is 23.7 Å². The van der Waals surface area contributed by atoms with E-state index in [-0.39, 0.29) is 17.7 Å². The number of aryl methyl sites for hydroxylation is 1. The molecule has 0 saturated heterocycles. The number of hydrogen-bond acceptors (Lipinski definition) is 4. The molecule has 5 heteroatoms. The number of carbonyl (C=O) groups excluding carboxylic acids is 1. The Balaban J connectivity index is 1.72. The highest BCUT2D eigenvalue weighted by molar-refractivity contribution is 8.00. The largest absolute Gasteiger partial charge is 0.349 e. The third-order valence-electron chi connectivity index (χ3n) is 5.03. The number of aromatic nitrogens is 1. The average Bonchev–Trinajstić information content (AvgIpc) is 2.71. The smallest absolute Gasteiger partial charge is 0.230 e. The summed E-state index contributed by atoms with van der Waals surface area (Å²) >= 11 is 1.37. The van der Waals surface area contributed by atoms with Crippen molar-refractivity contribution in [3.8, 4) is 6.07 Å². The molecule has 0 saturated carbocycles. The van der Waals surface area contributed by atoms with Gasteiger partial charge in [0.2, 0.25) is 5.91 Å². The Morgan fingerprint density at radius 1 is 1.26 bits per heavy atom. The van der Waals surface area contributed by atoms with Crippen LogP contribution < -0.4 is 5.32 Å². The SMILES string of the molecule is CCc1nc(SCC(=O)NC(C)c2ccccc2)c(C#N)c2c1CCCC2. The fourth-order valence-corrected chi connectivity index (χ4v) is 4.47. The number of pyridine rings is 1. The maximum absolute atomic E-state index is 12.4. The molecule has 0 fully saturated rings. The Hall–Kier alpha value is -2.32. The highest BCUT2D eigenvalue weighted by Crippen LogP contribution is 2.32. The lowest BCUT2D eigenvalue weighted by Gasteiger charge is -2.21. The molecule has 1 amide bonds. The molecular weight excluding hydrogens is 354 g/mol. The van der Waals surface area contributed by atoms with E-state index in [1.54, 1.807) is 0 Å². The molecule has 1 aromatic heterocycles. The van der Waals surface area contributed by atoms with Gasteiger partial charge >= 0.3 is 0 Å². The standard InChI is InChI=1S/C22H25N3OS/c1-3-20-18-12-8-7-11-17(18)19(13-23)22(25-20)27-14-21(26)24-15(2)16-9-5-4-6-10-16/h4-6,9-10,15H,3,7-8,11-12,14H2,1-2H3,(H,24,26). The van der Waals surface area contributed by atoms with Crippen LogP contribution in [-0.4, -0.2) is 16.6 Å². The molecule has 1 aliphatic rings. The minimum Gasteiger partial charge on any atom is -0.349 e. The zero-order chi connectivity index (χ0) is 19.2. The van der Waals surface area contributed by atoms with Crippen LogP contribution >= 0.6 is 11.8 Å². The molecule has 1 N–H and O–H groups in total. The van der Waals surface area contributed by atoms with Crippen LogP contribution in [0.1, 0.15) is 60.7 Å².